The summed E-state index contributed by atoms with van der Waals surface area (Å²) in [5.74, 6) is -0.772. The van der Waals surface area contributed by atoms with E-state index in [0.29, 0.717) is 5.69 Å². The SMILES string of the molecule is CC(=O)N(C(=O)c1ccccn1)c1cc(Br)cc2c1NCC2. The third-order valence-electron chi connectivity index (χ3n) is 3.50. The quantitative estimate of drug-likeness (QED) is 0.895. The van der Waals surface area contributed by atoms with Crippen molar-refractivity contribution in [1.82, 2.24) is 4.98 Å². The Hall–Kier alpha value is -2.21. The average Bonchev–Trinajstić information content (AvgIpc) is 2.96. The third-order valence-corrected chi connectivity index (χ3v) is 3.96. The Labute approximate surface area is 136 Å². The van der Waals surface area contributed by atoms with Crippen LogP contribution in [0.25, 0.3) is 0 Å². The van der Waals surface area contributed by atoms with Crippen LogP contribution in [0.15, 0.2) is 41.0 Å². The molecule has 0 radical (unpaired) electrons. The molecule has 0 saturated carbocycles. The molecule has 0 aliphatic carbocycles. The van der Waals surface area contributed by atoms with Crippen LogP contribution in [0.4, 0.5) is 11.4 Å². The maximum atomic E-state index is 12.7. The number of amides is 2. The smallest absolute Gasteiger partial charge is 0.283 e. The Morgan fingerprint density at radius 1 is 1.32 bits per heavy atom. The molecule has 2 amide bonds. The molecule has 2 aromatic rings. The number of fused-ring (bicyclic) bond motifs is 1. The summed E-state index contributed by atoms with van der Waals surface area (Å²) >= 11 is 3.45. The fourth-order valence-electron chi connectivity index (χ4n) is 2.57. The highest BCUT2D eigenvalue weighted by molar-refractivity contribution is 9.10. The van der Waals surface area contributed by atoms with Gasteiger partial charge in [-0.3, -0.25) is 14.6 Å². The summed E-state index contributed by atoms with van der Waals surface area (Å²) in [6.45, 7) is 2.17. The Kier molecular flexibility index (Phi) is 3.94. The molecule has 0 saturated heterocycles. The van der Waals surface area contributed by atoms with Crippen molar-refractivity contribution in [3.05, 3.63) is 52.3 Å². The molecule has 0 atom stereocenters. The Morgan fingerprint density at radius 2 is 2.14 bits per heavy atom. The molecule has 0 unspecified atom stereocenters. The summed E-state index contributed by atoms with van der Waals surface area (Å²) < 4.78 is 0.838. The van der Waals surface area contributed by atoms with E-state index in [0.717, 1.165) is 28.7 Å². The van der Waals surface area contributed by atoms with Crippen LogP contribution in [0.5, 0.6) is 0 Å². The fraction of sp³-hybridized carbons (Fsp3) is 0.188. The van der Waals surface area contributed by atoms with Gasteiger partial charge in [-0.2, -0.15) is 0 Å². The summed E-state index contributed by atoms with van der Waals surface area (Å²) in [7, 11) is 0. The number of hydrogen-bond acceptors (Lipinski definition) is 4. The van der Waals surface area contributed by atoms with Gasteiger partial charge in [-0.1, -0.05) is 22.0 Å². The molecular weight excluding hydrogens is 346 g/mol. The Morgan fingerprint density at radius 3 is 2.82 bits per heavy atom. The number of hydrogen-bond donors (Lipinski definition) is 1. The highest BCUT2D eigenvalue weighted by Gasteiger charge is 2.28. The number of pyridine rings is 1. The van der Waals surface area contributed by atoms with E-state index in [1.54, 1.807) is 24.3 Å². The lowest BCUT2D eigenvalue weighted by atomic mass is 10.1. The number of halogens is 1. The van der Waals surface area contributed by atoms with Gasteiger partial charge in [-0.15, -0.1) is 0 Å². The third kappa shape index (κ3) is 2.62. The van der Waals surface area contributed by atoms with Crippen molar-refractivity contribution in [2.24, 2.45) is 0 Å². The Bertz CT molecular complexity index is 747. The van der Waals surface area contributed by atoms with Crippen molar-refractivity contribution < 1.29 is 9.59 Å². The predicted octanol–water partition coefficient (Wildman–Crippen LogP) is 3.01. The van der Waals surface area contributed by atoms with E-state index in [9.17, 15) is 9.59 Å². The lowest BCUT2D eigenvalue weighted by Crippen LogP contribution is -2.36. The van der Waals surface area contributed by atoms with E-state index in [4.69, 9.17) is 0 Å². The van der Waals surface area contributed by atoms with Crippen LogP contribution < -0.4 is 10.2 Å². The normalized spacial score (nSPS) is 12.5. The first kappa shape index (κ1) is 14.7. The highest BCUT2D eigenvalue weighted by Crippen LogP contribution is 2.37. The van der Waals surface area contributed by atoms with Crippen LogP contribution >= 0.6 is 15.9 Å². The average molecular weight is 360 g/mol. The zero-order valence-corrected chi connectivity index (χ0v) is 13.6. The second kappa shape index (κ2) is 5.88. The second-order valence-corrected chi connectivity index (χ2v) is 5.93. The first-order valence-corrected chi connectivity index (χ1v) is 7.69. The van der Waals surface area contributed by atoms with Gasteiger partial charge in [0.25, 0.3) is 5.91 Å². The molecule has 1 aromatic carbocycles. The van der Waals surface area contributed by atoms with Crippen molar-refractivity contribution in [2.45, 2.75) is 13.3 Å². The number of nitrogens with zero attached hydrogens (tertiary/aromatic N) is 2. The monoisotopic (exact) mass is 359 g/mol. The number of carbonyl (C=O) groups excluding carboxylic acids is 2. The lowest BCUT2D eigenvalue weighted by Gasteiger charge is -2.22. The lowest BCUT2D eigenvalue weighted by molar-refractivity contribution is -0.115. The van der Waals surface area contributed by atoms with E-state index in [-0.39, 0.29) is 11.6 Å². The number of aromatic nitrogens is 1. The maximum Gasteiger partial charge on any atom is 0.283 e. The summed E-state index contributed by atoms with van der Waals surface area (Å²) in [4.78, 5) is 30.0. The van der Waals surface area contributed by atoms with E-state index >= 15 is 0 Å². The molecule has 0 bridgehead atoms. The molecule has 22 heavy (non-hydrogen) atoms. The molecule has 1 N–H and O–H groups in total. The van der Waals surface area contributed by atoms with Gasteiger partial charge < -0.3 is 5.32 Å². The van der Waals surface area contributed by atoms with Crippen LogP contribution in [0.2, 0.25) is 0 Å². The number of nitrogens with one attached hydrogen (secondary N) is 1. The molecule has 6 heteroatoms. The van der Waals surface area contributed by atoms with Crippen LogP contribution in [0, 0.1) is 0 Å². The maximum absolute atomic E-state index is 12.7. The van der Waals surface area contributed by atoms with E-state index < -0.39 is 5.91 Å². The summed E-state index contributed by atoms with van der Waals surface area (Å²) in [5, 5.41) is 3.25. The fourth-order valence-corrected chi connectivity index (χ4v) is 3.07. The minimum atomic E-state index is -0.429. The van der Waals surface area contributed by atoms with Gasteiger partial charge in [0, 0.05) is 24.1 Å². The predicted molar refractivity (Wildman–Crippen MR) is 88.1 cm³/mol. The van der Waals surface area contributed by atoms with E-state index in [1.165, 1.54) is 18.0 Å². The van der Waals surface area contributed by atoms with Crippen molar-refractivity contribution >= 4 is 39.1 Å². The van der Waals surface area contributed by atoms with Gasteiger partial charge in [0.2, 0.25) is 5.91 Å². The van der Waals surface area contributed by atoms with Gasteiger partial charge in [0.05, 0.1) is 11.4 Å². The molecule has 2 heterocycles. The van der Waals surface area contributed by atoms with Gasteiger partial charge in [-0.05, 0) is 36.2 Å². The van der Waals surface area contributed by atoms with Crippen molar-refractivity contribution in [1.29, 1.82) is 0 Å². The number of benzene rings is 1. The van der Waals surface area contributed by atoms with Crippen LogP contribution in [-0.4, -0.2) is 23.3 Å². The zero-order valence-electron chi connectivity index (χ0n) is 12.0. The van der Waals surface area contributed by atoms with Crippen LogP contribution in [-0.2, 0) is 11.2 Å². The van der Waals surface area contributed by atoms with Crippen molar-refractivity contribution in [2.75, 3.05) is 16.8 Å². The molecule has 112 valence electrons. The topological polar surface area (TPSA) is 62.3 Å². The molecule has 0 spiro atoms. The van der Waals surface area contributed by atoms with Crippen molar-refractivity contribution in [3.63, 3.8) is 0 Å². The number of carbonyl (C=O) groups is 2. The van der Waals surface area contributed by atoms with Crippen LogP contribution in [0.3, 0.4) is 0 Å². The largest absolute Gasteiger partial charge is 0.383 e. The van der Waals surface area contributed by atoms with Crippen molar-refractivity contribution in [3.8, 4) is 0 Å². The van der Waals surface area contributed by atoms with Gasteiger partial charge in [0.15, 0.2) is 0 Å². The number of imide groups is 1. The highest BCUT2D eigenvalue weighted by atomic mass is 79.9. The molecule has 0 fully saturated rings. The summed E-state index contributed by atoms with van der Waals surface area (Å²) in [6.07, 6.45) is 2.40. The minimum absolute atomic E-state index is 0.240. The molecule has 1 aromatic heterocycles. The van der Waals surface area contributed by atoms with E-state index in [1.807, 2.05) is 6.07 Å². The summed E-state index contributed by atoms with van der Waals surface area (Å²) in [6, 6.07) is 8.83. The molecule has 1 aliphatic heterocycles. The van der Waals surface area contributed by atoms with Gasteiger partial charge >= 0.3 is 0 Å². The zero-order chi connectivity index (χ0) is 15.7. The number of anilines is 2. The first-order valence-electron chi connectivity index (χ1n) is 6.90. The Balaban J connectivity index is 2.10. The summed E-state index contributed by atoms with van der Waals surface area (Å²) in [5.41, 5.74) is 2.72. The molecular formula is C16H14BrN3O2. The standard InChI is InChI=1S/C16H14BrN3O2/c1-10(21)20(16(22)13-4-2-3-6-18-13)14-9-12(17)8-11-5-7-19-15(11)14/h2-4,6,8-9,19H,5,7H2,1H3. The van der Waals surface area contributed by atoms with Crippen LogP contribution in [0.1, 0.15) is 23.0 Å². The van der Waals surface area contributed by atoms with Gasteiger partial charge in [-0.25, -0.2) is 4.90 Å². The number of rotatable bonds is 2. The van der Waals surface area contributed by atoms with Gasteiger partial charge in [0.1, 0.15) is 5.69 Å². The molecule has 3 rings (SSSR count). The first-order chi connectivity index (χ1) is 10.6. The molecule has 5 nitrogen and oxygen atoms in total. The van der Waals surface area contributed by atoms with E-state index in [2.05, 4.69) is 26.2 Å². The minimum Gasteiger partial charge on any atom is -0.383 e. The second-order valence-electron chi connectivity index (χ2n) is 5.01. The molecule has 1 aliphatic rings.